The van der Waals surface area contributed by atoms with Gasteiger partial charge in [-0.1, -0.05) is 75.2 Å². The highest BCUT2D eigenvalue weighted by Gasteiger charge is 2.70. The maximum absolute atomic E-state index is 13.3. The minimum Gasteiger partial charge on any atom is -0.355 e. The molecule has 0 aliphatic carbocycles. The van der Waals surface area contributed by atoms with Crippen molar-refractivity contribution in [1.82, 2.24) is 0 Å². The Hall–Kier alpha value is -1.65. The first-order chi connectivity index (χ1) is 12.5. The summed E-state index contributed by atoms with van der Waals surface area (Å²) < 4.78 is 33.1. The van der Waals surface area contributed by atoms with Crippen molar-refractivity contribution >= 4 is 9.84 Å². The molecule has 3 atom stereocenters. The zero-order chi connectivity index (χ0) is 18.4. The Balaban J connectivity index is 1.96. The minimum absolute atomic E-state index is 0.0904. The summed E-state index contributed by atoms with van der Waals surface area (Å²) in [6.07, 6.45) is 3.67. The molecule has 138 valence electrons. The molecule has 4 heteroatoms. The van der Waals surface area contributed by atoms with Crippen LogP contribution in [0.4, 0.5) is 0 Å². The van der Waals surface area contributed by atoms with E-state index in [9.17, 15) is 8.42 Å². The molecular weight excluding hydrogens is 344 g/mol. The lowest BCUT2D eigenvalue weighted by molar-refractivity contribution is 0.191. The third-order valence-electron chi connectivity index (χ3n) is 6.21. The monoisotopic (exact) mass is 370 g/mol. The van der Waals surface area contributed by atoms with E-state index in [4.69, 9.17) is 4.74 Å². The van der Waals surface area contributed by atoms with Gasteiger partial charge in [0.15, 0.2) is 9.84 Å². The fraction of sp³-hybridized carbons (Fsp3) is 0.455. The van der Waals surface area contributed by atoms with Gasteiger partial charge in [0, 0.05) is 11.0 Å². The quantitative estimate of drug-likeness (QED) is 0.717. The predicted octanol–water partition coefficient (Wildman–Crippen LogP) is 4.70. The van der Waals surface area contributed by atoms with Crippen molar-refractivity contribution in [2.75, 3.05) is 5.75 Å². The van der Waals surface area contributed by atoms with Gasteiger partial charge in [-0.15, -0.1) is 0 Å². The number of hydrogen-bond acceptors (Lipinski definition) is 3. The Morgan fingerprint density at radius 3 is 2.42 bits per heavy atom. The van der Waals surface area contributed by atoms with Gasteiger partial charge in [0.1, 0.15) is 11.7 Å². The van der Waals surface area contributed by atoms with Crippen molar-refractivity contribution in [3.05, 3.63) is 65.7 Å². The van der Waals surface area contributed by atoms with Gasteiger partial charge >= 0.3 is 0 Å². The number of benzene rings is 2. The van der Waals surface area contributed by atoms with Gasteiger partial charge in [0.2, 0.25) is 0 Å². The second kappa shape index (κ2) is 6.21. The normalized spacial score (nSPS) is 31.5. The summed E-state index contributed by atoms with van der Waals surface area (Å²) in [5.41, 5.74) is 0.890. The van der Waals surface area contributed by atoms with Crippen LogP contribution in [0.15, 0.2) is 59.5 Å². The second-order valence-electron chi connectivity index (χ2n) is 7.67. The van der Waals surface area contributed by atoms with Crippen LogP contribution in [0.1, 0.15) is 50.7 Å². The van der Waals surface area contributed by atoms with Crippen molar-refractivity contribution in [2.45, 2.75) is 56.1 Å². The van der Waals surface area contributed by atoms with Crippen molar-refractivity contribution in [3.8, 4) is 0 Å². The predicted molar refractivity (Wildman–Crippen MR) is 103 cm³/mol. The van der Waals surface area contributed by atoms with Crippen molar-refractivity contribution in [3.63, 3.8) is 0 Å². The molecule has 1 saturated heterocycles. The van der Waals surface area contributed by atoms with Crippen LogP contribution in [-0.4, -0.2) is 20.3 Å². The Kier molecular flexibility index (Phi) is 4.24. The van der Waals surface area contributed by atoms with E-state index >= 15 is 0 Å². The molecule has 0 spiro atoms. The first-order valence-corrected chi connectivity index (χ1v) is 11.2. The fourth-order valence-electron chi connectivity index (χ4n) is 4.75. The van der Waals surface area contributed by atoms with Crippen LogP contribution in [0.25, 0.3) is 0 Å². The topological polar surface area (TPSA) is 46.7 Å². The Morgan fingerprint density at radius 1 is 1.04 bits per heavy atom. The summed E-state index contributed by atoms with van der Waals surface area (Å²) in [4.78, 5) is 0.443. The molecular formula is C22H26O3S. The molecule has 4 rings (SSSR count). The van der Waals surface area contributed by atoms with Gasteiger partial charge in [0.25, 0.3) is 0 Å². The molecule has 0 saturated carbocycles. The number of unbranched alkanes of at least 4 members (excludes halogenated alkanes) is 1. The molecule has 3 nitrogen and oxygen atoms in total. The molecule has 2 aromatic rings. The van der Waals surface area contributed by atoms with E-state index in [1.54, 1.807) is 6.07 Å². The summed E-state index contributed by atoms with van der Waals surface area (Å²) in [7, 11) is -3.36. The van der Waals surface area contributed by atoms with E-state index in [2.05, 4.69) is 26.0 Å². The van der Waals surface area contributed by atoms with Crippen LogP contribution in [-0.2, 0) is 20.2 Å². The van der Waals surface area contributed by atoms with Crippen molar-refractivity contribution < 1.29 is 13.2 Å². The van der Waals surface area contributed by atoms with E-state index in [0.29, 0.717) is 4.90 Å². The number of hydrogen-bond donors (Lipinski definition) is 0. The second-order valence-corrected chi connectivity index (χ2v) is 9.63. The zero-order valence-corrected chi connectivity index (χ0v) is 16.3. The molecule has 1 fully saturated rings. The van der Waals surface area contributed by atoms with Crippen molar-refractivity contribution in [2.24, 2.45) is 5.41 Å². The number of epoxide rings is 1. The van der Waals surface area contributed by atoms with Crippen LogP contribution in [0.3, 0.4) is 0 Å². The van der Waals surface area contributed by atoms with Gasteiger partial charge in [-0.3, -0.25) is 0 Å². The summed E-state index contributed by atoms with van der Waals surface area (Å²) in [5, 5.41) is 0. The zero-order valence-electron chi connectivity index (χ0n) is 15.4. The molecule has 2 aliphatic rings. The average Bonchev–Trinajstić information content (AvgIpc) is 3.43. The first-order valence-electron chi connectivity index (χ1n) is 9.56. The Bertz CT molecular complexity index is 906. The number of rotatable bonds is 5. The highest BCUT2D eigenvalue weighted by Crippen LogP contribution is 2.64. The number of ether oxygens (including phenoxy) is 1. The van der Waals surface area contributed by atoms with E-state index in [0.717, 1.165) is 36.8 Å². The lowest BCUT2D eigenvalue weighted by Gasteiger charge is -2.31. The Morgan fingerprint density at radius 2 is 1.73 bits per heavy atom. The van der Waals surface area contributed by atoms with E-state index in [-0.39, 0.29) is 17.3 Å². The van der Waals surface area contributed by atoms with E-state index in [1.807, 2.05) is 36.4 Å². The number of sulfone groups is 1. The molecule has 0 amide bonds. The van der Waals surface area contributed by atoms with E-state index < -0.39 is 15.4 Å². The van der Waals surface area contributed by atoms with Gasteiger partial charge < -0.3 is 4.74 Å². The lowest BCUT2D eigenvalue weighted by atomic mass is 9.71. The third kappa shape index (κ3) is 2.46. The van der Waals surface area contributed by atoms with Gasteiger partial charge in [-0.25, -0.2) is 8.42 Å². The maximum Gasteiger partial charge on any atom is 0.179 e. The van der Waals surface area contributed by atoms with Crippen LogP contribution in [0.2, 0.25) is 0 Å². The van der Waals surface area contributed by atoms with Crippen LogP contribution < -0.4 is 0 Å². The molecule has 2 aliphatic heterocycles. The van der Waals surface area contributed by atoms with Crippen LogP contribution in [0.5, 0.6) is 0 Å². The molecule has 0 N–H and O–H groups in total. The van der Waals surface area contributed by atoms with Gasteiger partial charge in [0.05, 0.1) is 10.6 Å². The summed E-state index contributed by atoms with van der Waals surface area (Å²) >= 11 is 0. The third-order valence-corrected chi connectivity index (χ3v) is 8.19. The van der Waals surface area contributed by atoms with Crippen molar-refractivity contribution in [1.29, 1.82) is 0 Å². The highest BCUT2D eigenvalue weighted by molar-refractivity contribution is 7.91. The SMILES string of the molecule is CCCC[C@@]1(CC)CS(=O)(=O)c2ccccc2[C@]2(c3ccccc3)O[C@H]12. The molecule has 0 unspecified atom stereocenters. The fourth-order valence-corrected chi connectivity index (χ4v) is 7.00. The van der Waals surface area contributed by atoms with Gasteiger partial charge in [-0.05, 0) is 24.5 Å². The molecule has 0 aromatic heterocycles. The van der Waals surface area contributed by atoms with E-state index in [1.165, 1.54) is 0 Å². The molecule has 0 radical (unpaired) electrons. The molecule has 2 aromatic carbocycles. The highest BCUT2D eigenvalue weighted by atomic mass is 32.2. The minimum atomic E-state index is -3.36. The summed E-state index contributed by atoms with van der Waals surface area (Å²) in [6, 6.07) is 17.5. The molecule has 0 bridgehead atoms. The standard InChI is InChI=1S/C22H26O3S/c1-3-5-15-21(4-2)16-26(23,24)19-14-10-9-13-18(19)22(20(21)25-22)17-11-7-6-8-12-17/h6-14,20H,3-5,15-16H2,1-2H3/t20-,21+,22+/m1/s1. The average molecular weight is 371 g/mol. The lowest BCUT2D eigenvalue weighted by Crippen LogP contribution is -2.36. The first kappa shape index (κ1) is 17.7. The smallest absolute Gasteiger partial charge is 0.179 e. The summed E-state index contributed by atoms with van der Waals surface area (Å²) in [5.74, 6) is 0.173. The van der Waals surface area contributed by atoms with Crippen LogP contribution >= 0.6 is 0 Å². The van der Waals surface area contributed by atoms with Gasteiger partial charge in [-0.2, -0.15) is 0 Å². The largest absolute Gasteiger partial charge is 0.355 e. The number of fused-ring (bicyclic) bond motifs is 3. The molecule has 2 heterocycles. The summed E-state index contributed by atoms with van der Waals surface area (Å²) in [6.45, 7) is 4.26. The van der Waals surface area contributed by atoms with Crippen LogP contribution in [0, 0.1) is 5.41 Å². The Labute approximate surface area is 156 Å². The molecule has 26 heavy (non-hydrogen) atoms. The maximum atomic E-state index is 13.3.